The first-order chi connectivity index (χ1) is 14.3. The minimum absolute atomic E-state index is 0.235. The number of likely N-dealkylation sites (N-methyl/N-ethyl adjacent to an activating group) is 1. The Hall–Kier alpha value is -3.62. The third-order valence-electron chi connectivity index (χ3n) is 5.38. The topological polar surface area (TPSA) is 98.2 Å². The maximum Gasteiger partial charge on any atom is 0.334 e. The lowest BCUT2D eigenvalue weighted by molar-refractivity contribution is -0.142. The number of aryl methyl sites for hydroxylation is 1. The summed E-state index contributed by atoms with van der Waals surface area (Å²) in [6.45, 7) is 4.03. The predicted molar refractivity (Wildman–Crippen MR) is 104 cm³/mol. The molecule has 0 N–H and O–H groups in total. The normalized spacial score (nSPS) is 18.4. The van der Waals surface area contributed by atoms with Gasteiger partial charge < -0.3 is 14.0 Å². The number of rotatable bonds is 5. The smallest absolute Gasteiger partial charge is 0.334 e. The van der Waals surface area contributed by atoms with Gasteiger partial charge in [-0.25, -0.2) is 9.69 Å². The Morgan fingerprint density at radius 3 is 2.47 bits per heavy atom. The van der Waals surface area contributed by atoms with Crippen LogP contribution in [0, 0.1) is 13.8 Å². The lowest BCUT2D eigenvalue weighted by Crippen LogP contribution is -2.36. The first-order valence-corrected chi connectivity index (χ1v) is 9.50. The number of ketones is 1. The second-order valence-corrected chi connectivity index (χ2v) is 7.35. The lowest BCUT2D eigenvalue weighted by Gasteiger charge is -2.27. The minimum Gasteiger partial charge on any atom is -0.486 e. The van der Waals surface area contributed by atoms with Gasteiger partial charge in [0.1, 0.15) is 6.61 Å². The monoisotopic (exact) mass is 411 g/mol. The molecule has 9 heteroatoms. The Bertz CT molecular complexity index is 1070. The fourth-order valence-electron chi connectivity index (χ4n) is 3.70. The summed E-state index contributed by atoms with van der Waals surface area (Å²) in [5.74, 6) is -0.966. The van der Waals surface area contributed by atoms with Crippen LogP contribution in [0.2, 0.25) is 0 Å². The Balaban J connectivity index is 1.50. The van der Waals surface area contributed by atoms with Crippen molar-refractivity contribution in [1.82, 2.24) is 14.4 Å². The van der Waals surface area contributed by atoms with Crippen LogP contribution < -0.4 is 9.47 Å². The van der Waals surface area contributed by atoms with Gasteiger partial charge in [-0.05, 0) is 32.0 Å². The zero-order valence-electron chi connectivity index (χ0n) is 16.9. The van der Waals surface area contributed by atoms with E-state index in [1.54, 1.807) is 13.0 Å². The van der Waals surface area contributed by atoms with E-state index in [2.05, 4.69) is 0 Å². The summed E-state index contributed by atoms with van der Waals surface area (Å²) in [5, 5.41) is 0. The van der Waals surface area contributed by atoms with Crippen LogP contribution in [0.4, 0.5) is 4.79 Å². The molecule has 1 atom stereocenters. The quantitative estimate of drug-likeness (QED) is 0.421. The molecule has 9 nitrogen and oxygen atoms in total. The van der Waals surface area contributed by atoms with E-state index in [0.29, 0.717) is 45.7 Å². The van der Waals surface area contributed by atoms with Gasteiger partial charge in [0.2, 0.25) is 0 Å². The summed E-state index contributed by atoms with van der Waals surface area (Å²) in [7, 11) is 1.21. The first kappa shape index (κ1) is 19.7. The molecule has 1 fully saturated rings. The van der Waals surface area contributed by atoms with E-state index in [0.717, 1.165) is 5.69 Å². The molecule has 4 amide bonds. The summed E-state index contributed by atoms with van der Waals surface area (Å²) in [6, 6.07) is 8.36. The highest BCUT2D eigenvalue weighted by molar-refractivity contribution is 6.45. The number of carbonyl (C=O) groups excluding carboxylic acids is 4. The van der Waals surface area contributed by atoms with Gasteiger partial charge in [0, 0.05) is 24.0 Å². The number of urea groups is 1. The van der Waals surface area contributed by atoms with Crippen LogP contribution >= 0.6 is 0 Å². The van der Waals surface area contributed by atoms with Crippen molar-refractivity contribution < 1.29 is 28.7 Å². The highest BCUT2D eigenvalue weighted by atomic mass is 16.6. The third kappa shape index (κ3) is 3.22. The van der Waals surface area contributed by atoms with Gasteiger partial charge in [-0.1, -0.05) is 12.1 Å². The molecule has 0 spiro atoms. The van der Waals surface area contributed by atoms with Crippen molar-refractivity contribution in [3.8, 4) is 11.5 Å². The number of fused-ring (bicyclic) bond motifs is 1. The van der Waals surface area contributed by atoms with E-state index in [4.69, 9.17) is 9.47 Å². The number of benzene rings is 1. The number of aromatic nitrogens is 1. The molecule has 2 aromatic rings. The van der Waals surface area contributed by atoms with Crippen LogP contribution in [0.3, 0.4) is 0 Å². The van der Waals surface area contributed by atoms with Crippen molar-refractivity contribution in [2.45, 2.75) is 26.5 Å². The number of hydrogen-bond donors (Lipinski definition) is 0. The van der Waals surface area contributed by atoms with Gasteiger partial charge >= 0.3 is 17.8 Å². The van der Waals surface area contributed by atoms with Crippen LogP contribution in [-0.4, -0.2) is 64.3 Å². The standard InChI is InChI=1S/C21H21N3O6/c1-12-8-15(16(25)10-24-20(27)19(26)22(3)21(24)28)13(2)23(12)9-14-11-29-17-6-4-5-7-18(17)30-14/h4-8,14H,9-11H2,1-3H3/t14-/m1/s1. The van der Waals surface area contributed by atoms with Crippen LogP contribution in [0.15, 0.2) is 30.3 Å². The van der Waals surface area contributed by atoms with E-state index in [1.807, 2.05) is 35.8 Å². The molecule has 1 saturated heterocycles. The second-order valence-electron chi connectivity index (χ2n) is 7.35. The zero-order valence-corrected chi connectivity index (χ0v) is 16.9. The molecule has 4 rings (SSSR count). The predicted octanol–water partition coefficient (Wildman–Crippen LogP) is 1.55. The third-order valence-corrected chi connectivity index (χ3v) is 5.38. The fourth-order valence-corrected chi connectivity index (χ4v) is 3.70. The number of Topliss-reactive ketones (excluding diaryl/α,β-unsaturated/α-hetero) is 1. The first-order valence-electron chi connectivity index (χ1n) is 9.50. The maximum absolute atomic E-state index is 12.8. The number of nitrogens with zero attached hydrogens (tertiary/aromatic N) is 3. The largest absolute Gasteiger partial charge is 0.486 e. The summed E-state index contributed by atoms with van der Waals surface area (Å²) < 4.78 is 13.7. The van der Waals surface area contributed by atoms with Crippen molar-refractivity contribution in [3.05, 3.63) is 47.3 Å². The fraction of sp³-hybridized carbons (Fsp3) is 0.333. The highest BCUT2D eigenvalue weighted by Gasteiger charge is 2.43. The summed E-state index contributed by atoms with van der Waals surface area (Å²) in [6.07, 6.45) is -0.235. The molecule has 2 aliphatic rings. The molecule has 0 bridgehead atoms. The number of carbonyl (C=O) groups is 4. The lowest BCUT2D eigenvalue weighted by atomic mass is 10.1. The second kappa shape index (κ2) is 7.33. The van der Waals surface area contributed by atoms with E-state index in [9.17, 15) is 19.2 Å². The Labute approximate surface area is 172 Å². The zero-order chi connectivity index (χ0) is 21.6. The minimum atomic E-state index is -0.990. The Morgan fingerprint density at radius 2 is 1.80 bits per heavy atom. The summed E-state index contributed by atoms with van der Waals surface area (Å²) >= 11 is 0. The van der Waals surface area contributed by atoms with E-state index in [-0.39, 0.29) is 6.10 Å². The Morgan fingerprint density at radius 1 is 1.10 bits per heavy atom. The van der Waals surface area contributed by atoms with Crippen molar-refractivity contribution in [3.63, 3.8) is 0 Å². The maximum atomic E-state index is 12.8. The molecule has 0 radical (unpaired) electrons. The van der Waals surface area contributed by atoms with Crippen molar-refractivity contribution in [2.75, 3.05) is 20.2 Å². The molecule has 1 aromatic carbocycles. The van der Waals surface area contributed by atoms with Crippen molar-refractivity contribution in [1.29, 1.82) is 0 Å². The van der Waals surface area contributed by atoms with Crippen LogP contribution in [0.5, 0.6) is 11.5 Å². The molecule has 1 aromatic heterocycles. The van der Waals surface area contributed by atoms with Crippen molar-refractivity contribution >= 4 is 23.6 Å². The molecular formula is C21H21N3O6. The number of imide groups is 2. The number of hydrogen-bond acceptors (Lipinski definition) is 6. The van der Waals surface area contributed by atoms with Crippen LogP contribution in [0.25, 0.3) is 0 Å². The van der Waals surface area contributed by atoms with Crippen molar-refractivity contribution in [2.24, 2.45) is 0 Å². The number of ether oxygens (including phenoxy) is 2. The van der Waals surface area contributed by atoms with Gasteiger partial charge in [0.15, 0.2) is 23.4 Å². The van der Waals surface area contributed by atoms with E-state index < -0.39 is 30.2 Å². The summed E-state index contributed by atoms with van der Waals surface area (Å²) in [4.78, 5) is 49.8. The van der Waals surface area contributed by atoms with Gasteiger partial charge in [0.25, 0.3) is 0 Å². The number of amides is 4. The summed E-state index contributed by atoms with van der Waals surface area (Å²) in [5.41, 5.74) is 1.93. The molecule has 2 aliphatic heterocycles. The molecule has 156 valence electrons. The average molecular weight is 411 g/mol. The SMILES string of the molecule is Cc1cc(C(=O)CN2C(=O)C(=O)N(C)C2=O)c(C)n1C[C@@H]1COc2ccccc2O1. The molecule has 0 saturated carbocycles. The van der Waals surface area contributed by atoms with Gasteiger partial charge in [0.05, 0.1) is 13.1 Å². The van der Waals surface area contributed by atoms with E-state index >= 15 is 0 Å². The van der Waals surface area contributed by atoms with Gasteiger partial charge in [-0.3, -0.25) is 19.3 Å². The van der Waals surface area contributed by atoms with Gasteiger partial charge in [-0.15, -0.1) is 0 Å². The van der Waals surface area contributed by atoms with Crippen LogP contribution in [-0.2, 0) is 16.1 Å². The Kier molecular flexibility index (Phi) is 4.81. The van der Waals surface area contributed by atoms with Gasteiger partial charge in [-0.2, -0.15) is 0 Å². The van der Waals surface area contributed by atoms with E-state index in [1.165, 1.54) is 7.05 Å². The highest BCUT2D eigenvalue weighted by Crippen LogP contribution is 2.31. The van der Waals surface area contributed by atoms with Crippen LogP contribution in [0.1, 0.15) is 21.7 Å². The average Bonchev–Trinajstić information content (AvgIpc) is 3.12. The molecule has 30 heavy (non-hydrogen) atoms. The molecule has 0 unspecified atom stereocenters. The number of para-hydroxylation sites is 2. The molecular weight excluding hydrogens is 390 g/mol. The molecule has 0 aliphatic carbocycles. The molecule has 3 heterocycles.